The Morgan fingerprint density at radius 2 is 2.05 bits per heavy atom. The van der Waals surface area contributed by atoms with E-state index in [1.54, 1.807) is 6.20 Å². The molecule has 1 aromatic carbocycles. The van der Waals surface area contributed by atoms with Crippen LogP contribution in [0.15, 0.2) is 42.6 Å². The molecule has 1 N–H and O–H groups in total. The molecule has 0 aliphatic carbocycles. The van der Waals surface area contributed by atoms with Gasteiger partial charge in [-0.1, -0.05) is 29.8 Å². The predicted octanol–water partition coefficient (Wildman–Crippen LogP) is 4.36. The molecule has 3 rings (SSSR count). The molecule has 3 aromatic rings. The fourth-order valence-electron chi connectivity index (χ4n) is 2.27. The number of benzene rings is 1. The summed E-state index contributed by atoms with van der Waals surface area (Å²) >= 11 is 11.7. The maximum absolute atomic E-state index is 6.26. The average Bonchev–Trinajstić information content (AvgIpc) is 2.74. The summed E-state index contributed by atoms with van der Waals surface area (Å²) in [6.45, 7) is 2.07. The van der Waals surface area contributed by atoms with Gasteiger partial charge in [0.1, 0.15) is 0 Å². The number of rotatable bonds is 2. The van der Waals surface area contributed by atoms with Gasteiger partial charge >= 0.3 is 0 Å². The first-order valence-electron chi connectivity index (χ1n) is 5.98. The molecule has 2 heterocycles. The van der Waals surface area contributed by atoms with Crippen LogP contribution < -0.4 is 0 Å². The summed E-state index contributed by atoms with van der Waals surface area (Å²) in [6.07, 6.45) is 1.76. The van der Waals surface area contributed by atoms with Crippen LogP contribution >= 0.6 is 23.8 Å². The van der Waals surface area contributed by atoms with Crippen molar-refractivity contribution in [3.8, 4) is 0 Å². The molecule has 1 atom stereocenters. The van der Waals surface area contributed by atoms with Gasteiger partial charge in [0.25, 0.3) is 0 Å². The van der Waals surface area contributed by atoms with Crippen LogP contribution in [0.1, 0.15) is 18.5 Å². The number of pyridine rings is 1. The lowest BCUT2D eigenvalue weighted by Crippen LogP contribution is -2.08. The monoisotopic (exact) mass is 289 g/mol. The maximum atomic E-state index is 6.26. The van der Waals surface area contributed by atoms with Crippen molar-refractivity contribution < 1.29 is 0 Å². The van der Waals surface area contributed by atoms with Gasteiger partial charge in [0.05, 0.1) is 11.6 Å². The molecule has 0 bridgehead atoms. The highest BCUT2D eigenvalue weighted by atomic mass is 35.5. The van der Waals surface area contributed by atoms with Gasteiger partial charge in [0.15, 0.2) is 10.4 Å². The van der Waals surface area contributed by atoms with Crippen LogP contribution in [0.3, 0.4) is 0 Å². The molecule has 1 unspecified atom stereocenters. The fraction of sp³-hybridized carbons (Fsp3) is 0.143. The Morgan fingerprint density at radius 1 is 1.26 bits per heavy atom. The van der Waals surface area contributed by atoms with Crippen molar-refractivity contribution in [1.29, 1.82) is 0 Å². The molecule has 0 spiro atoms. The van der Waals surface area contributed by atoms with Crippen molar-refractivity contribution in [2.75, 3.05) is 0 Å². The van der Waals surface area contributed by atoms with E-state index in [1.165, 1.54) is 0 Å². The lowest BCUT2D eigenvalue weighted by Gasteiger charge is -2.15. The minimum Gasteiger partial charge on any atom is -0.329 e. The van der Waals surface area contributed by atoms with Crippen molar-refractivity contribution in [2.24, 2.45) is 0 Å². The van der Waals surface area contributed by atoms with Crippen LogP contribution in [-0.2, 0) is 0 Å². The summed E-state index contributed by atoms with van der Waals surface area (Å²) in [6, 6.07) is 11.7. The highest BCUT2D eigenvalue weighted by molar-refractivity contribution is 7.71. The van der Waals surface area contributed by atoms with E-state index in [9.17, 15) is 0 Å². The SMILES string of the molecule is CC(c1ccccc1Cl)n1c(=S)[nH]c2cccnc21. The van der Waals surface area contributed by atoms with Crippen molar-refractivity contribution in [2.45, 2.75) is 13.0 Å². The third-order valence-electron chi connectivity index (χ3n) is 3.22. The van der Waals surface area contributed by atoms with Gasteiger partial charge in [-0.3, -0.25) is 4.57 Å². The van der Waals surface area contributed by atoms with Crippen molar-refractivity contribution >= 4 is 35.0 Å². The molecular formula is C14H12ClN3S. The summed E-state index contributed by atoms with van der Waals surface area (Å²) in [5.74, 6) is 0. The zero-order chi connectivity index (χ0) is 13.4. The van der Waals surface area contributed by atoms with E-state index < -0.39 is 0 Å². The van der Waals surface area contributed by atoms with E-state index in [-0.39, 0.29) is 6.04 Å². The summed E-state index contributed by atoms with van der Waals surface area (Å²) in [5, 5.41) is 0.738. The number of fused-ring (bicyclic) bond motifs is 1. The lowest BCUT2D eigenvalue weighted by molar-refractivity contribution is 0.644. The summed E-state index contributed by atoms with van der Waals surface area (Å²) < 4.78 is 2.65. The van der Waals surface area contributed by atoms with Gasteiger partial charge in [-0.05, 0) is 42.9 Å². The van der Waals surface area contributed by atoms with Crippen molar-refractivity contribution in [3.63, 3.8) is 0 Å². The van der Waals surface area contributed by atoms with Gasteiger partial charge < -0.3 is 4.98 Å². The summed E-state index contributed by atoms with van der Waals surface area (Å²) in [7, 11) is 0. The normalized spacial score (nSPS) is 12.7. The molecule has 0 amide bonds. The van der Waals surface area contributed by atoms with E-state index in [0.29, 0.717) is 4.77 Å². The molecule has 19 heavy (non-hydrogen) atoms. The average molecular weight is 290 g/mol. The Hall–Kier alpha value is -1.65. The number of aromatic nitrogens is 3. The highest BCUT2D eigenvalue weighted by Crippen LogP contribution is 2.28. The minimum atomic E-state index is 0.0323. The summed E-state index contributed by atoms with van der Waals surface area (Å²) in [5.41, 5.74) is 2.82. The number of H-pyrrole nitrogens is 1. The van der Waals surface area contributed by atoms with Gasteiger partial charge in [0, 0.05) is 11.2 Å². The number of nitrogens with one attached hydrogen (secondary N) is 1. The first-order valence-corrected chi connectivity index (χ1v) is 6.77. The van der Waals surface area contributed by atoms with Crippen LogP contribution in [0.4, 0.5) is 0 Å². The first kappa shape index (κ1) is 12.4. The minimum absolute atomic E-state index is 0.0323. The number of halogens is 1. The van der Waals surface area contributed by atoms with Gasteiger partial charge in [0.2, 0.25) is 0 Å². The van der Waals surface area contributed by atoms with Crippen molar-refractivity contribution in [3.05, 3.63) is 58.0 Å². The largest absolute Gasteiger partial charge is 0.329 e. The van der Waals surface area contributed by atoms with Gasteiger partial charge in [-0.25, -0.2) is 4.98 Å². The van der Waals surface area contributed by atoms with Crippen LogP contribution in [0, 0.1) is 4.77 Å². The number of imidazole rings is 1. The molecule has 0 radical (unpaired) electrons. The lowest BCUT2D eigenvalue weighted by atomic mass is 10.1. The molecule has 0 fully saturated rings. The number of hydrogen-bond acceptors (Lipinski definition) is 2. The Kier molecular flexibility index (Phi) is 3.12. The molecule has 0 aliphatic rings. The number of nitrogens with zero attached hydrogens (tertiary/aromatic N) is 2. The third-order valence-corrected chi connectivity index (χ3v) is 3.86. The smallest absolute Gasteiger partial charge is 0.179 e. The number of hydrogen-bond donors (Lipinski definition) is 1. The molecule has 96 valence electrons. The second-order valence-corrected chi connectivity index (χ2v) is 5.17. The maximum Gasteiger partial charge on any atom is 0.179 e. The zero-order valence-corrected chi connectivity index (χ0v) is 11.9. The van der Waals surface area contributed by atoms with Crippen LogP contribution in [-0.4, -0.2) is 14.5 Å². The molecule has 0 saturated carbocycles. The predicted molar refractivity (Wildman–Crippen MR) is 80.2 cm³/mol. The Labute approximate surface area is 120 Å². The quantitative estimate of drug-likeness (QED) is 0.711. The second kappa shape index (κ2) is 4.79. The Balaban J connectivity index is 2.22. The Morgan fingerprint density at radius 3 is 2.84 bits per heavy atom. The molecule has 5 heteroatoms. The van der Waals surface area contributed by atoms with Crippen LogP contribution in [0.25, 0.3) is 11.2 Å². The molecular weight excluding hydrogens is 278 g/mol. The molecule has 3 nitrogen and oxygen atoms in total. The fourth-order valence-corrected chi connectivity index (χ4v) is 2.92. The number of aromatic amines is 1. The van der Waals surface area contributed by atoms with Gasteiger partial charge in [-0.2, -0.15) is 0 Å². The Bertz CT molecular complexity index is 790. The molecule has 0 saturated heterocycles. The van der Waals surface area contributed by atoms with Crippen molar-refractivity contribution in [1.82, 2.24) is 14.5 Å². The third kappa shape index (κ3) is 2.07. The zero-order valence-electron chi connectivity index (χ0n) is 10.3. The standard InChI is InChI=1S/C14H12ClN3S/c1-9(10-5-2-3-6-11(10)15)18-13-12(17-14(18)19)7-4-8-16-13/h2-9H,1H3,(H,17,19). The van der Waals surface area contributed by atoms with E-state index in [4.69, 9.17) is 23.8 Å². The molecule has 2 aromatic heterocycles. The van der Waals surface area contributed by atoms with E-state index in [0.717, 1.165) is 21.7 Å². The second-order valence-electron chi connectivity index (χ2n) is 4.37. The van der Waals surface area contributed by atoms with Crippen LogP contribution in [0.2, 0.25) is 5.02 Å². The van der Waals surface area contributed by atoms with Gasteiger partial charge in [-0.15, -0.1) is 0 Å². The molecule has 0 aliphatic heterocycles. The van der Waals surface area contributed by atoms with E-state index in [1.807, 2.05) is 41.0 Å². The van der Waals surface area contributed by atoms with Crippen LogP contribution in [0.5, 0.6) is 0 Å². The topological polar surface area (TPSA) is 33.6 Å². The first-order chi connectivity index (χ1) is 9.18. The van der Waals surface area contributed by atoms with E-state index in [2.05, 4.69) is 16.9 Å². The highest BCUT2D eigenvalue weighted by Gasteiger charge is 2.15. The summed E-state index contributed by atoms with van der Waals surface area (Å²) in [4.78, 5) is 7.57. The van der Waals surface area contributed by atoms with E-state index >= 15 is 0 Å².